The van der Waals surface area contributed by atoms with Gasteiger partial charge in [0.25, 0.3) is 0 Å². The summed E-state index contributed by atoms with van der Waals surface area (Å²) in [7, 11) is 1.52. The van der Waals surface area contributed by atoms with Crippen molar-refractivity contribution in [2.75, 3.05) is 19.0 Å². The minimum absolute atomic E-state index is 0.131. The number of hydrogen-bond donors (Lipinski definition) is 1. The molecule has 1 aromatic heterocycles. The lowest BCUT2D eigenvalue weighted by Gasteiger charge is -2.19. The summed E-state index contributed by atoms with van der Waals surface area (Å²) in [5.41, 5.74) is 1.04. The molecular formula is C23H21NO5S. The lowest BCUT2D eigenvalue weighted by atomic mass is 10.0. The Kier molecular flexibility index (Phi) is 7.34. The molecule has 1 unspecified atom stereocenters. The van der Waals surface area contributed by atoms with Crippen molar-refractivity contribution in [2.45, 2.75) is 12.5 Å². The molecule has 1 N–H and O–H groups in total. The number of benzene rings is 2. The summed E-state index contributed by atoms with van der Waals surface area (Å²) in [4.78, 5) is 38.1. The van der Waals surface area contributed by atoms with Gasteiger partial charge in [0.1, 0.15) is 11.8 Å². The number of nitrogens with one attached hydrogen (secondary N) is 1. The Balaban J connectivity index is 1.74. The van der Waals surface area contributed by atoms with Gasteiger partial charge in [0, 0.05) is 12.0 Å². The Hall–Kier alpha value is -3.45. The third-order valence-electron chi connectivity index (χ3n) is 4.35. The van der Waals surface area contributed by atoms with Gasteiger partial charge in [-0.3, -0.25) is 9.59 Å². The average molecular weight is 423 g/mol. The highest BCUT2D eigenvalue weighted by Crippen LogP contribution is 2.25. The van der Waals surface area contributed by atoms with Gasteiger partial charge in [-0.25, -0.2) is 4.79 Å². The molecule has 6 nitrogen and oxygen atoms in total. The molecule has 1 atom stereocenters. The number of carbonyl (C=O) groups is 3. The zero-order chi connectivity index (χ0) is 21.3. The fourth-order valence-electron chi connectivity index (χ4n) is 2.82. The van der Waals surface area contributed by atoms with E-state index in [1.54, 1.807) is 66.0 Å². The van der Waals surface area contributed by atoms with E-state index in [9.17, 15) is 14.4 Å². The van der Waals surface area contributed by atoms with Gasteiger partial charge in [-0.05, 0) is 23.6 Å². The summed E-state index contributed by atoms with van der Waals surface area (Å²) in [6.45, 7) is -0.386. The Bertz CT molecular complexity index is 1000. The molecule has 0 radical (unpaired) electrons. The highest BCUT2D eigenvalue weighted by atomic mass is 32.1. The number of thiophene rings is 1. The van der Waals surface area contributed by atoms with Crippen molar-refractivity contribution in [2.24, 2.45) is 0 Å². The molecule has 154 valence electrons. The third-order valence-corrected chi connectivity index (χ3v) is 5.26. The first-order valence-electron chi connectivity index (χ1n) is 9.29. The smallest absolute Gasteiger partial charge is 0.329 e. The van der Waals surface area contributed by atoms with Gasteiger partial charge in [-0.1, -0.05) is 48.5 Å². The second kappa shape index (κ2) is 10.4. The van der Waals surface area contributed by atoms with Crippen molar-refractivity contribution in [3.05, 3.63) is 82.6 Å². The van der Waals surface area contributed by atoms with Crippen molar-refractivity contribution in [3.63, 3.8) is 0 Å². The van der Waals surface area contributed by atoms with Crippen molar-refractivity contribution in [1.82, 2.24) is 0 Å². The Labute approximate surface area is 178 Å². The summed E-state index contributed by atoms with van der Waals surface area (Å²) < 4.78 is 10.5. The predicted molar refractivity (Wildman–Crippen MR) is 115 cm³/mol. The van der Waals surface area contributed by atoms with E-state index in [4.69, 9.17) is 9.47 Å². The zero-order valence-corrected chi connectivity index (χ0v) is 17.2. The lowest BCUT2D eigenvalue weighted by molar-refractivity contribution is -0.143. The van der Waals surface area contributed by atoms with Gasteiger partial charge in [-0.15, -0.1) is 11.3 Å². The summed E-state index contributed by atoms with van der Waals surface area (Å²) in [5.74, 6) is -0.666. The standard InChI is InChI=1S/C23H21NO5S/c1-28-21-11-6-5-10-17(21)24-18(14-19(25)16-8-3-2-4-9-16)23(27)29-15-20(26)22-12-7-13-30-22/h2-13,18,24H,14-15H2,1H3. The molecule has 2 aromatic carbocycles. The SMILES string of the molecule is COc1ccccc1NC(CC(=O)c1ccccc1)C(=O)OCC(=O)c1cccs1. The van der Waals surface area contributed by atoms with Crippen LogP contribution in [0.4, 0.5) is 5.69 Å². The molecule has 3 aromatic rings. The highest BCUT2D eigenvalue weighted by molar-refractivity contribution is 7.12. The first-order valence-corrected chi connectivity index (χ1v) is 10.2. The van der Waals surface area contributed by atoms with Gasteiger partial charge in [0.2, 0.25) is 5.78 Å². The van der Waals surface area contributed by atoms with E-state index < -0.39 is 12.0 Å². The number of rotatable bonds is 10. The third kappa shape index (κ3) is 5.55. The molecule has 0 saturated carbocycles. The number of anilines is 1. The van der Waals surface area contributed by atoms with E-state index in [1.807, 2.05) is 6.07 Å². The Morgan fingerprint density at radius 3 is 2.37 bits per heavy atom. The average Bonchev–Trinajstić information content (AvgIpc) is 3.32. The number of para-hydroxylation sites is 2. The molecule has 3 rings (SSSR count). The lowest BCUT2D eigenvalue weighted by Crippen LogP contribution is -2.35. The number of hydrogen-bond acceptors (Lipinski definition) is 7. The van der Waals surface area contributed by atoms with Gasteiger partial charge in [0.15, 0.2) is 12.4 Å². The molecule has 0 amide bonds. The topological polar surface area (TPSA) is 81.7 Å². The van der Waals surface area contributed by atoms with Crippen LogP contribution in [-0.2, 0) is 9.53 Å². The van der Waals surface area contributed by atoms with Crippen LogP contribution in [0.3, 0.4) is 0 Å². The van der Waals surface area contributed by atoms with Crippen molar-refractivity contribution in [3.8, 4) is 5.75 Å². The number of Topliss-reactive ketones (excluding diaryl/α,β-unsaturated/α-hetero) is 2. The largest absolute Gasteiger partial charge is 0.495 e. The Morgan fingerprint density at radius 1 is 0.933 bits per heavy atom. The van der Waals surface area contributed by atoms with E-state index in [1.165, 1.54) is 18.4 Å². The molecule has 0 aliphatic rings. The van der Waals surface area contributed by atoms with Crippen LogP contribution in [0.1, 0.15) is 26.5 Å². The van der Waals surface area contributed by atoms with Crippen molar-refractivity contribution < 1.29 is 23.9 Å². The predicted octanol–water partition coefficient (Wildman–Crippen LogP) is 4.24. The molecule has 0 saturated heterocycles. The maximum Gasteiger partial charge on any atom is 0.329 e. The van der Waals surface area contributed by atoms with Crippen LogP contribution >= 0.6 is 11.3 Å². The summed E-state index contributed by atoms with van der Waals surface area (Å²) in [5, 5.41) is 4.81. The summed E-state index contributed by atoms with van der Waals surface area (Å²) >= 11 is 1.28. The highest BCUT2D eigenvalue weighted by Gasteiger charge is 2.26. The fourth-order valence-corrected chi connectivity index (χ4v) is 3.47. The number of methoxy groups -OCH3 is 1. The molecular weight excluding hydrogens is 402 g/mol. The van der Waals surface area contributed by atoms with Crippen LogP contribution in [0.25, 0.3) is 0 Å². The van der Waals surface area contributed by atoms with Crippen LogP contribution in [0, 0.1) is 0 Å². The second-order valence-electron chi connectivity index (χ2n) is 6.40. The normalized spacial score (nSPS) is 11.4. The molecule has 0 aliphatic heterocycles. The minimum atomic E-state index is -0.981. The van der Waals surface area contributed by atoms with Crippen molar-refractivity contribution in [1.29, 1.82) is 0 Å². The number of ether oxygens (including phenoxy) is 2. The number of esters is 1. The van der Waals surface area contributed by atoms with Gasteiger partial charge < -0.3 is 14.8 Å². The first kappa shape index (κ1) is 21.3. The minimum Gasteiger partial charge on any atom is -0.495 e. The zero-order valence-electron chi connectivity index (χ0n) is 16.4. The quantitative estimate of drug-likeness (QED) is 0.388. The first-order chi connectivity index (χ1) is 14.6. The van der Waals surface area contributed by atoms with E-state index in [2.05, 4.69) is 5.32 Å². The van der Waals surface area contributed by atoms with E-state index in [0.29, 0.717) is 21.9 Å². The van der Waals surface area contributed by atoms with Gasteiger partial charge in [-0.2, -0.15) is 0 Å². The van der Waals surface area contributed by atoms with E-state index in [0.717, 1.165) is 0 Å². The van der Waals surface area contributed by atoms with Crippen molar-refractivity contribution >= 4 is 34.6 Å². The molecule has 0 spiro atoms. The van der Waals surface area contributed by atoms with Crippen LogP contribution in [0.15, 0.2) is 72.1 Å². The van der Waals surface area contributed by atoms with Crippen LogP contribution < -0.4 is 10.1 Å². The molecule has 7 heteroatoms. The molecule has 0 aliphatic carbocycles. The summed E-state index contributed by atoms with van der Waals surface area (Å²) in [6.07, 6.45) is -0.131. The monoisotopic (exact) mass is 423 g/mol. The molecule has 0 bridgehead atoms. The summed E-state index contributed by atoms with van der Waals surface area (Å²) in [6, 6.07) is 18.2. The maximum absolute atomic E-state index is 12.8. The van der Waals surface area contributed by atoms with Gasteiger partial charge >= 0.3 is 5.97 Å². The molecule has 30 heavy (non-hydrogen) atoms. The van der Waals surface area contributed by atoms with E-state index >= 15 is 0 Å². The second-order valence-corrected chi connectivity index (χ2v) is 7.35. The number of carbonyl (C=O) groups excluding carboxylic acids is 3. The van der Waals surface area contributed by atoms with Gasteiger partial charge in [0.05, 0.1) is 17.7 Å². The van der Waals surface area contributed by atoms with Crippen LogP contribution in [0.5, 0.6) is 5.75 Å². The van der Waals surface area contributed by atoms with Crippen LogP contribution in [0.2, 0.25) is 0 Å². The fraction of sp³-hybridized carbons (Fsp3) is 0.174. The number of ketones is 2. The maximum atomic E-state index is 12.8. The van der Waals surface area contributed by atoms with E-state index in [-0.39, 0.29) is 24.6 Å². The Morgan fingerprint density at radius 2 is 1.67 bits per heavy atom. The molecule has 1 heterocycles. The molecule has 0 fully saturated rings. The van der Waals surface area contributed by atoms with Crippen LogP contribution in [-0.4, -0.2) is 37.3 Å².